The Balaban J connectivity index is 1.75. The third kappa shape index (κ3) is 5.98. The summed E-state index contributed by atoms with van der Waals surface area (Å²) in [6, 6.07) is 12.8. The van der Waals surface area contributed by atoms with E-state index < -0.39 is 6.03 Å². The van der Waals surface area contributed by atoms with E-state index in [0.717, 1.165) is 25.8 Å². The van der Waals surface area contributed by atoms with E-state index in [2.05, 4.69) is 47.8 Å². The van der Waals surface area contributed by atoms with Crippen LogP contribution in [0.15, 0.2) is 51.4 Å². The second-order valence-electron chi connectivity index (χ2n) is 5.17. The number of rotatable bonds is 5. The molecule has 126 valence electrons. The minimum atomic E-state index is -0.391. The van der Waals surface area contributed by atoms with Crippen LogP contribution in [0.5, 0.6) is 0 Å². The van der Waals surface area contributed by atoms with Crippen molar-refractivity contribution in [3.05, 3.63) is 62.5 Å². The largest absolute Gasteiger partial charge is 0.334 e. The van der Waals surface area contributed by atoms with Crippen molar-refractivity contribution in [1.82, 2.24) is 10.6 Å². The van der Waals surface area contributed by atoms with Crippen LogP contribution in [0.2, 0.25) is 0 Å². The van der Waals surface area contributed by atoms with E-state index in [4.69, 9.17) is 0 Å². The number of carbonyl (C=O) groups excluding carboxylic acids is 2. The molecule has 0 saturated heterocycles. The number of urea groups is 1. The molecule has 0 aromatic heterocycles. The van der Waals surface area contributed by atoms with Crippen molar-refractivity contribution in [3.8, 4) is 0 Å². The van der Waals surface area contributed by atoms with E-state index in [1.165, 1.54) is 0 Å². The number of aryl methyl sites for hydroxylation is 1. The van der Waals surface area contributed by atoms with Gasteiger partial charge in [0.05, 0.1) is 6.54 Å². The van der Waals surface area contributed by atoms with Gasteiger partial charge in [-0.2, -0.15) is 0 Å². The van der Waals surface area contributed by atoms with Gasteiger partial charge in [0.1, 0.15) is 0 Å². The van der Waals surface area contributed by atoms with Gasteiger partial charge in [-0.1, -0.05) is 44.0 Å². The smallest absolute Gasteiger partial charge is 0.315 e. The monoisotopic (exact) mass is 453 g/mol. The maximum Gasteiger partial charge on any atom is 0.315 e. The summed E-state index contributed by atoms with van der Waals surface area (Å²) in [5, 5.41) is 8.01. The highest BCUT2D eigenvalue weighted by atomic mass is 79.9. The number of benzene rings is 2. The number of nitrogens with one attached hydrogen (secondary N) is 3. The molecule has 0 unspecified atom stereocenters. The van der Waals surface area contributed by atoms with Gasteiger partial charge in [0.25, 0.3) is 0 Å². The van der Waals surface area contributed by atoms with Gasteiger partial charge in [0, 0.05) is 21.2 Å². The maximum atomic E-state index is 11.9. The van der Waals surface area contributed by atoms with Crippen molar-refractivity contribution in [2.45, 2.75) is 13.5 Å². The molecule has 2 aromatic rings. The van der Waals surface area contributed by atoms with E-state index in [1.807, 2.05) is 49.4 Å². The Morgan fingerprint density at radius 2 is 1.75 bits per heavy atom. The first-order valence-corrected chi connectivity index (χ1v) is 8.85. The molecule has 2 aromatic carbocycles. The van der Waals surface area contributed by atoms with E-state index in [-0.39, 0.29) is 12.5 Å². The fraction of sp³-hybridized carbons (Fsp3) is 0.176. The maximum absolute atomic E-state index is 11.9. The van der Waals surface area contributed by atoms with Crippen LogP contribution in [-0.2, 0) is 11.3 Å². The van der Waals surface area contributed by atoms with E-state index in [0.29, 0.717) is 6.54 Å². The first-order valence-electron chi connectivity index (χ1n) is 7.26. The van der Waals surface area contributed by atoms with Crippen molar-refractivity contribution in [3.63, 3.8) is 0 Å². The molecule has 0 fully saturated rings. The number of halogens is 2. The molecule has 3 N–H and O–H groups in total. The Hall–Kier alpha value is -1.86. The van der Waals surface area contributed by atoms with E-state index in [1.54, 1.807) is 0 Å². The lowest BCUT2D eigenvalue weighted by Gasteiger charge is -2.10. The van der Waals surface area contributed by atoms with Crippen LogP contribution in [0.1, 0.15) is 11.1 Å². The Morgan fingerprint density at radius 1 is 1.00 bits per heavy atom. The topological polar surface area (TPSA) is 70.2 Å². The summed E-state index contributed by atoms with van der Waals surface area (Å²) >= 11 is 6.75. The summed E-state index contributed by atoms with van der Waals surface area (Å²) in [4.78, 5) is 23.7. The summed E-state index contributed by atoms with van der Waals surface area (Å²) in [5.74, 6) is -0.280. The minimum absolute atomic E-state index is 0.0974. The van der Waals surface area contributed by atoms with Crippen molar-refractivity contribution in [1.29, 1.82) is 0 Å². The summed E-state index contributed by atoms with van der Waals surface area (Å²) < 4.78 is 1.90. The Kier molecular flexibility index (Phi) is 6.81. The molecule has 0 aliphatic heterocycles. The van der Waals surface area contributed by atoms with Crippen LogP contribution in [0.3, 0.4) is 0 Å². The highest BCUT2D eigenvalue weighted by Gasteiger charge is 2.07. The molecule has 3 amide bonds. The van der Waals surface area contributed by atoms with Crippen molar-refractivity contribution >= 4 is 49.5 Å². The van der Waals surface area contributed by atoms with Crippen LogP contribution >= 0.6 is 31.9 Å². The minimum Gasteiger partial charge on any atom is -0.334 e. The van der Waals surface area contributed by atoms with Crippen LogP contribution in [-0.4, -0.2) is 18.5 Å². The molecule has 0 bridgehead atoms. The quantitative estimate of drug-likeness (QED) is 0.639. The molecule has 0 aliphatic rings. The average molecular weight is 455 g/mol. The van der Waals surface area contributed by atoms with Crippen LogP contribution in [0, 0.1) is 6.92 Å². The zero-order valence-electron chi connectivity index (χ0n) is 13.0. The first kappa shape index (κ1) is 18.5. The Bertz CT molecular complexity index is 750. The van der Waals surface area contributed by atoms with Crippen LogP contribution < -0.4 is 16.0 Å². The fourth-order valence-electron chi connectivity index (χ4n) is 2.01. The standard InChI is InChI=1S/C17H17Br2N3O2/c1-11-7-14(19)5-6-15(11)22-16(23)10-21-17(24)20-9-12-3-2-4-13(18)8-12/h2-8H,9-10H2,1H3,(H,22,23)(H2,20,21,24). The molecular formula is C17H17Br2N3O2. The van der Waals surface area contributed by atoms with Crippen LogP contribution in [0.4, 0.5) is 10.5 Å². The third-order valence-corrected chi connectivity index (χ3v) is 4.20. The zero-order chi connectivity index (χ0) is 17.5. The van der Waals surface area contributed by atoms with Crippen LogP contribution in [0.25, 0.3) is 0 Å². The SMILES string of the molecule is Cc1cc(Br)ccc1NC(=O)CNC(=O)NCc1cccc(Br)c1. The highest BCUT2D eigenvalue weighted by Crippen LogP contribution is 2.19. The molecule has 0 atom stereocenters. The van der Waals surface area contributed by atoms with E-state index in [9.17, 15) is 9.59 Å². The number of anilines is 1. The lowest BCUT2D eigenvalue weighted by atomic mass is 10.2. The van der Waals surface area contributed by atoms with Crippen molar-refractivity contribution in [2.75, 3.05) is 11.9 Å². The summed E-state index contributed by atoms with van der Waals surface area (Å²) in [7, 11) is 0. The molecule has 24 heavy (non-hydrogen) atoms. The Labute approximate surface area is 157 Å². The molecule has 0 heterocycles. The second kappa shape index (κ2) is 8.84. The number of amides is 3. The number of carbonyl (C=O) groups is 2. The van der Waals surface area contributed by atoms with Gasteiger partial charge in [0.15, 0.2) is 0 Å². The first-order chi connectivity index (χ1) is 11.4. The molecule has 7 heteroatoms. The summed E-state index contributed by atoms with van der Waals surface area (Å²) in [5.41, 5.74) is 2.63. The molecule has 2 rings (SSSR count). The molecule has 0 aliphatic carbocycles. The number of hydrogen-bond acceptors (Lipinski definition) is 2. The fourth-order valence-corrected chi connectivity index (χ4v) is 2.94. The second-order valence-corrected chi connectivity index (χ2v) is 7.00. The number of hydrogen-bond donors (Lipinski definition) is 3. The lowest BCUT2D eigenvalue weighted by Crippen LogP contribution is -2.39. The van der Waals surface area contributed by atoms with Gasteiger partial charge in [0.2, 0.25) is 5.91 Å². The van der Waals surface area contributed by atoms with Gasteiger partial charge in [-0.3, -0.25) is 4.79 Å². The lowest BCUT2D eigenvalue weighted by molar-refractivity contribution is -0.115. The predicted molar refractivity (Wildman–Crippen MR) is 102 cm³/mol. The molecule has 0 saturated carbocycles. The normalized spacial score (nSPS) is 10.1. The van der Waals surface area contributed by atoms with Gasteiger partial charge >= 0.3 is 6.03 Å². The summed E-state index contributed by atoms with van der Waals surface area (Å²) in [6.45, 7) is 2.19. The molecule has 0 radical (unpaired) electrons. The average Bonchev–Trinajstić information content (AvgIpc) is 2.54. The van der Waals surface area contributed by atoms with E-state index >= 15 is 0 Å². The summed E-state index contributed by atoms with van der Waals surface area (Å²) in [6.07, 6.45) is 0. The molecule has 5 nitrogen and oxygen atoms in total. The third-order valence-electron chi connectivity index (χ3n) is 3.21. The van der Waals surface area contributed by atoms with Gasteiger partial charge < -0.3 is 16.0 Å². The predicted octanol–water partition coefficient (Wildman–Crippen LogP) is 3.96. The van der Waals surface area contributed by atoms with Gasteiger partial charge in [-0.15, -0.1) is 0 Å². The Morgan fingerprint density at radius 3 is 2.46 bits per heavy atom. The zero-order valence-corrected chi connectivity index (χ0v) is 16.2. The van der Waals surface area contributed by atoms with Crippen molar-refractivity contribution in [2.24, 2.45) is 0 Å². The van der Waals surface area contributed by atoms with Crippen molar-refractivity contribution < 1.29 is 9.59 Å². The molecule has 0 spiro atoms. The van der Waals surface area contributed by atoms with Gasteiger partial charge in [-0.05, 0) is 48.4 Å². The van der Waals surface area contributed by atoms with Gasteiger partial charge in [-0.25, -0.2) is 4.79 Å². The molecular weight excluding hydrogens is 438 g/mol. The highest BCUT2D eigenvalue weighted by molar-refractivity contribution is 9.10.